The Morgan fingerprint density at radius 3 is 1.93 bits per heavy atom. The van der Waals surface area contributed by atoms with Crippen LogP contribution in [0.25, 0.3) is 0 Å². The van der Waals surface area contributed by atoms with Gasteiger partial charge in [-0.05, 0) is 47.5 Å². The first-order chi connectivity index (χ1) is 19.3. The number of hydrogen-bond acceptors (Lipinski definition) is 4. The minimum atomic E-state index is -0.698. The lowest BCUT2D eigenvalue weighted by molar-refractivity contribution is -0.120. The summed E-state index contributed by atoms with van der Waals surface area (Å²) in [5, 5.41) is 3.14. The third-order valence-corrected chi connectivity index (χ3v) is 7.38. The van der Waals surface area contributed by atoms with Gasteiger partial charge in [-0.25, -0.2) is 4.90 Å². The van der Waals surface area contributed by atoms with E-state index < -0.39 is 11.8 Å². The maximum absolute atomic E-state index is 13.7. The Kier molecular flexibility index (Phi) is 8.21. The minimum absolute atomic E-state index is 0.104. The van der Waals surface area contributed by atoms with Gasteiger partial charge in [0.05, 0.1) is 15.7 Å². The fraction of sp³-hybridized carbons (Fsp3) is 0.0645. The van der Waals surface area contributed by atoms with Crippen LogP contribution in [0, 0.1) is 0 Å². The molecule has 6 nitrogen and oxygen atoms in total. The van der Waals surface area contributed by atoms with Crippen molar-refractivity contribution in [1.82, 2.24) is 4.90 Å². The zero-order chi connectivity index (χ0) is 28.2. The number of benzene rings is 4. The maximum atomic E-state index is 13.7. The highest BCUT2D eigenvalue weighted by Gasteiger charge is 2.39. The molecule has 0 saturated heterocycles. The van der Waals surface area contributed by atoms with Crippen LogP contribution < -0.4 is 10.2 Å². The summed E-state index contributed by atoms with van der Waals surface area (Å²) in [7, 11) is 0. The number of rotatable bonds is 8. The van der Waals surface area contributed by atoms with Crippen LogP contribution in [0.2, 0.25) is 10.0 Å². The Balaban J connectivity index is 1.39. The van der Waals surface area contributed by atoms with Crippen LogP contribution in [0.15, 0.2) is 114 Å². The van der Waals surface area contributed by atoms with Crippen molar-refractivity contribution in [3.63, 3.8) is 0 Å². The van der Waals surface area contributed by atoms with Crippen molar-refractivity contribution < 1.29 is 14.4 Å². The third-order valence-electron chi connectivity index (χ3n) is 6.29. The van der Waals surface area contributed by atoms with Gasteiger partial charge < -0.3 is 10.2 Å². The molecule has 0 bridgehead atoms. The van der Waals surface area contributed by atoms with Gasteiger partial charge in [-0.1, -0.05) is 102 Å². The van der Waals surface area contributed by atoms with Crippen molar-refractivity contribution in [2.45, 2.75) is 13.1 Å². The zero-order valence-electron chi connectivity index (χ0n) is 21.0. The van der Waals surface area contributed by atoms with E-state index in [9.17, 15) is 14.4 Å². The molecular formula is C31H22Cl3N3O3. The summed E-state index contributed by atoms with van der Waals surface area (Å²) < 4.78 is 0. The average molecular weight is 591 g/mol. The number of hydrogen-bond donors (Lipinski definition) is 1. The number of amides is 3. The Hall–Kier alpha value is -4.10. The van der Waals surface area contributed by atoms with Crippen LogP contribution in [0.3, 0.4) is 0 Å². The van der Waals surface area contributed by atoms with Gasteiger partial charge in [-0.2, -0.15) is 0 Å². The summed E-state index contributed by atoms with van der Waals surface area (Å²) in [5.74, 6) is -1.54. The molecule has 0 aromatic heterocycles. The fourth-order valence-electron chi connectivity index (χ4n) is 4.33. The molecule has 0 saturated carbocycles. The van der Waals surface area contributed by atoms with E-state index in [0.717, 1.165) is 16.0 Å². The molecule has 40 heavy (non-hydrogen) atoms. The van der Waals surface area contributed by atoms with E-state index in [2.05, 4.69) is 5.32 Å². The largest absolute Gasteiger partial charge is 0.350 e. The normalized spacial score (nSPS) is 13.1. The molecule has 0 unspecified atom stereocenters. The molecule has 1 aliphatic heterocycles. The highest BCUT2D eigenvalue weighted by atomic mass is 35.5. The smallest absolute Gasteiger partial charge is 0.283 e. The summed E-state index contributed by atoms with van der Waals surface area (Å²) in [6.45, 7) is 0.823. The molecule has 9 heteroatoms. The summed E-state index contributed by atoms with van der Waals surface area (Å²) in [6, 6.07) is 30.6. The molecule has 200 valence electrons. The van der Waals surface area contributed by atoms with Crippen LogP contribution in [0.4, 0.5) is 11.4 Å². The van der Waals surface area contributed by atoms with Crippen molar-refractivity contribution in [3.8, 4) is 0 Å². The number of nitrogens with one attached hydrogen (secondary N) is 1. The lowest BCUT2D eigenvalue weighted by atomic mass is 10.1. The minimum Gasteiger partial charge on any atom is -0.350 e. The molecule has 0 radical (unpaired) electrons. The van der Waals surface area contributed by atoms with E-state index in [-0.39, 0.29) is 32.4 Å². The number of carbonyl (C=O) groups excluding carboxylic acids is 3. The number of nitrogens with zero attached hydrogens (tertiary/aromatic N) is 2. The average Bonchev–Trinajstić information content (AvgIpc) is 3.18. The van der Waals surface area contributed by atoms with Crippen molar-refractivity contribution in [3.05, 3.63) is 141 Å². The van der Waals surface area contributed by atoms with Gasteiger partial charge >= 0.3 is 0 Å². The molecule has 0 aliphatic carbocycles. The number of halogens is 3. The molecule has 1 heterocycles. The van der Waals surface area contributed by atoms with Crippen LogP contribution in [0.1, 0.15) is 21.5 Å². The maximum Gasteiger partial charge on any atom is 0.283 e. The van der Waals surface area contributed by atoms with E-state index >= 15 is 0 Å². The summed E-state index contributed by atoms with van der Waals surface area (Å²) >= 11 is 18.4. The van der Waals surface area contributed by atoms with Crippen molar-refractivity contribution >= 4 is 63.9 Å². The number of imide groups is 1. The van der Waals surface area contributed by atoms with Gasteiger partial charge in [-0.3, -0.25) is 14.4 Å². The van der Waals surface area contributed by atoms with E-state index in [1.54, 1.807) is 29.2 Å². The van der Waals surface area contributed by atoms with Gasteiger partial charge in [0, 0.05) is 24.3 Å². The second-order valence-corrected chi connectivity index (χ2v) is 10.3. The second-order valence-electron chi connectivity index (χ2n) is 9.07. The van der Waals surface area contributed by atoms with E-state index in [0.29, 0.717) is 24.3 Å². The Bertz CT molecular complexity index is 1580. The molecule has 0 fully saturated rings. The Labute approximate surface area is 246 Å². The van der Waals surface area contributed by atoms with E-state index in [4.69, 9.17) is 34.8 Å². The van der Waals surface area contributed by atoms with Gasteiger partial charge in [0.25, 0.3) is 17.7 Å². The van der Waals surface area contributed by atoms with Crippen LogP contribution >= 0.6 is 34.8 Å². The molecule has 1 N–H and O–H groups in total. The lowest BCUT2D eigenvalue weighted by Crippen LogP contribution is -2.32. The topological polar surface area (TPSA) is 69.7 Å². The predicted molar refractivity (Wildman–Crippen MR) is 158 cm³/mol. The van der Waals surface area contributed by atoms with Crippen molar-refractivity contribution in [1.29, 1.82) is 0 Å². The summed E-state index contributed by atoms with van der Waals surface area (Å²) in [5.41, 5.74) is 2.96. The van der Waals surface area contributed by atoms with Gasteiger partial charge in [0.1, 0.15) is 10.7 Å². The molecule has 1 aliphatic rings. The summed E-state index contributed by atoms with van der Waals surface area (Å²) in [6.07, 6.45) is 0. The highest BCUT2D eigenvalue weighted by molar-refractivity contribution is 6.53. The molecule has 4 aromatic rings. The predicted octanol–water partition coefficient (Wildman–Crippen LogP) is 7.27. The van der Waals surface area contributed by atoms with Crippen LogP contribution in [-0.4, -0.2) is 22.6 Å². The molecule has 0 atom stereocenters. The van der Waals surface area contributed by atoms with Crippen molar-refractivity contribution in [2.24, 2.45) is 0 Å². The monoisotopic (exact) mass is 589 g/mol. The SMILES string of the molecule is O=C(c1cccc(NC2=C(Cl)C(=O)N(c3ccc(Cl)c(Cl)c3)C2=O)c1)N(Cc1ccccc1)Cc1ccccc1. The van der Waals surface area contributed by atoms with Crippen LogP contribution in [0.5, 0.6) is 0 Å². The highest BCUT2D eigenvalue weighted by Crippen LogP contribution is 2.33. The van der Waals surface area contributed by atoms with Gasteiger partial charge in [-0.15, -0.1) is 0 Å². The van der Waals surface area contributed by atoms with E-state index in [1.165, 1.54) is 18.2 Å². The zero-order valence-corrected chi connectivity index (χ0v) is 23.3. The Morgan fingerprint density at radius 1 is 0.700 bits per heavy atom. The first-order valence-electron chi connectivity index (χ1n) is 12.3. The molecular weight excluding hydrogens is 569 g/mol. The molecule has 0 spiro atoms. The quantitative estimate of drug-likeness (QED) is 0.219. The Morgan fingerprint density at radius 2 is 1.32 bits per heavy atom. The first-order valence-corrected chi connectivity index (χ1v) is 13.4. The molecule has 5 rings (SSSR count). The summed E-state index contributed by atoms with van der Waals surface area (Å²) in [4.78, 5) is 42.5. The number of carbonyl (C=O) groups is 3. The lowest BCUT2D eigenvalue weighted by Gasteiger charge is -2.23. The second kappa shape index (κ2) is 12.0. The van der Waals surface area contributed by atoms with E-state index in [1.807, 2.05) is 60.7 Å². The fourth-order valence-corrected chi connectivity index (χ4v) is 4.84. The first kappa shape index (κ1) is 27.5. The molecule has 4 aromatic carbocycles. The van der Waals surface area contributed by atoms with Gasteiger partial charge in [0.15, 0.2) is 0 Å². The molecule has 3 amide bonds. The van der Waals surface area contributed by atoms with Gasteiger partial charge in [0.2, 0.25) is 0 Å². The number of anilines is 2. The van der Waals surface area contributed by atoms with Crippen LogP contribution in [-0.2, 0) is 22.7 Å². The third kappa shape index (κ3) is 5.89. The standard InChI is InChI=1S/C31H22Cl3N3O3/c32-25-15-14-24(17-26(25)33)37-30(39)27(34)28(31(37)40)35-23-13-7-12-22(16-23)29(38)36(18-20-8-3-1-4-9-20)19-21-10-5-2-6-11-21/h1-17,35H,18-19H2. The van der Waals surface area contributed by atoms with Crippen molar-refractivity contribution in [2.75, 3.05) is 10.2 Å².